The fraction of sp³-hybridized carbons (Fsp3) is 0.588. The molecule has 0 saturated carbocycles. The maximum absolute atomic E-state index is 12.4. The summed E-state index contributed by atoms with van der Waals surface area (Å²) >= 11 is 0. The summed E-state index contributed by atoms with van der Waals surface area (Å²) in [5, 5.41) is 2.99. The van der Waals surface area contributed by atoms with Gasteiger partial charge in [0.15, 0.2) is 9.84 Å². The molecule has 1 saturated heterocycles. The number of likely N-dealkylation sites (tertiary alicyclic amines) is 1. The van der Waals surface area contributed by atoms with Gasteiger partial charge in [-0.3, -0.25) is 0 Å². The Hall–Kier alpha value is -1.60. The smallest absolute Gasteiger partial charge is 0.317 e. The van der Waals surface area contributed by atoms with Gasteiger partial charge in [0.1, 0.15) is 0 Å². The van der Waals surface area contributed by atoms with Crippen molar-refractivity contribution in [1.82, 2.24) is 15.1 Å². The Bertz CT molecular complexity index is 665. The molecular formula is C17H27N3O3S. The van der Waals surface area contributed by atoms with E-state index in [0.717, 1.165) is 31.5 Å². The Morgan fingerprint density at radius 2 is 1.79 bits per heavy atom. The Labute approximate surface area is 144 Å². The molecule has 1 aliphatic heterocycles. The predicted octanol–water partition coefficient (Wildman–Crippen LogP) is 1.89. The van der Waals surface area contributed by atoms with E-state index in [1.165, 1.54) is 6.26 Å². The van der Waals surface area contributed by atoms with Crippen molar-refractivity contribution in [3.05, 3.63) is 29.8 Å². The van der Waals surface area contributed by atoms with Crippen molar-refractivity contribution < 1.29 is 13.2 Å². The highest BCUT2D eigenvalue weighted by atomic mass is 32.2. The van der Waals surface area contributed by atoms with Crippen LogP contribution in [0.2, 0.25) is 0 Å². The van der Waals surface area contributed by atoms with E-state index >= 15 is 0 Å². The second kappa shape index (κ2) is 7.53. The number of nitrogens with one attached hydrogen (secondary N) is 1. The van der Waals surface area contributed by atoms with Crippen LogP contribution >= 0.6 is 0 Å². The van der Waals surface area contributed by atoms with Gasteiger partial charge in [-0.2, -0.15) is 0 Å². The van der Waals surface area contributed by atoms with Gasteiger partial charge < -0.3 is 15.1 Å². The first kappa shape index (κ1) is 18.7. The fourth-order valence-electron chi connectivity index (χ4n) is 2.92. The van der Waals surface area contributed by atoms with Gasteiger partial charge in [-0.1, -0.05) is 12.1 Å². The molecule has 1 aromatic rings. The number of benzene rings is 1. The largest absolute Gasteiger partial charge is 0.331 e. The fourth-order valence-corrected chi connectivity index (χ4v) is 3.55. The normalized spacial score (nSPS) is 18.2. The Kier molecular flexibility index (Phi) is 5.87. The summed E-state index contributed by atoms with van der Waals surface area (Å²) in [5.74, 6) is 0. The van der Waals surface area contributed by atoms with E-state index in [2.05, 4.69) is 17.3 Å². The molecule has 1 atom stereocenters. The minimum Gasteiger partial charge on any atom is -0.331 e. The van der Waals surface area contributed by atoms with E-state index in [1.54, 1.807) is 29.2 Å². The molecule has 0 aromatic heterocycles. The molecule has 134 valence electrons. The first-order chi connectivity index (χ1) is 11.2. The molecule has 24 heavy (non-hydrogen) atoms. The number of rotatable bonds is 4. The van der Waals surface area contributed by atoms with Gasteiger partial charge in [0.2, 0.25) is 0 Å². The second-order valence-corrected chi connectivity index (χ2v) is 8.67. The molecule has 0 radical (unpaired) electrons. The number of carbonyl (C=O) groups excluding carboxylic acids is 1. The van der Waals surface area contributed by atoms with Gasteiger partial charge in [0.05, 0.1) is 10.9 Å². The number of hydrogen-bond donors (Lipinski definition) is 1. The number of piperidine rings is 1. The third-order valence-electron chi connectivity index (χ3n) is 4.70. The number of amides is 2. The molecule has 2 rings (SSSR count). The zero-order valence-electron chi connectivity index (χ0n) is 14.8. The lowest BCUT2D eigenvalue weighted by molar-refractivity contribution is 0.146. The van der Waals surface area contributed by atoms with Crippen molar-refractivity contribution in [2.45, 2.75) is 36.7 Å². The molecule has 0 bridgehead atoms. The van der Waals surface area contributed by atoms with Gasteiger partial charge in [-0.05, 0) is 57.6 Å². The monoisotopic (exact) mass is 353 g/mol. The highest BCUT2D eigenvalue weighted by Crippen LogP contribution is 2.18. The summed E-state index contributed by atoms with van der Waals surface area (Å²) in [5.41, 5.74) is 0.882. The molecule has 1 heterocycles. The van der Waals surface area contributed by atoms with Crippen LogP contribution in [0.4, 0.5) is 4.79 Å². The molecule has 1 fully saturated rings. The predicted molar refractivity (Wildman–Crippen MR) is 94.8 cm³/mol. The van der Waals surface area contributed by atoms with E-state index < -0.39 is 9.84 Å². The third kappa shape index (κ3) is 4.70. The van der Waals surface area contributed by atoms with Crippen LogP contribution in [-0.2, 0) is 9.84 Å². The summed E-state index contributed by atoms with van der Waals surface area (Å²) in [6.45, 7) is 3.91. The van der Waals surface area contributed by atoms with Crippen LogP contribution in [0.25, 0.3) is 0 Å². The van der Waals surface area contributed by atoms with Gasteiger partial charge >= 0.3 is 6.03 Å². The highest BCUT2D eigenvalue weighted by molar-refractivity contribution is 7.90. The molecule has 1 unspecified atom stereocenters. The van der Waals surface area contributed by atoms with Gasteiger partial charge in [0.25, 0.3) is 0 Å². The first-order valence-corrected chi connectivity index (χ1v) is 10.1. The standard InChI is InChI=1S/C17H27N3O3S/c1-13(14-5-7-16(8-6-14)24(4,22)23)18-17(21)20(3)15-9-11-19(2)12-10-15/h5-8,13,15H,9-12H2,1-4H3,(H,18,21). The van der Waals surface area contributed by atoms with Crippen molar-refractivity contribution in [1.29, 1.82) is 0 Å². The van der Waals surface area contributed by atoms with Gasteiger partial charge in [-0.15, -0.1) is 0 Å². The summed E-state index contributed by atoms with van der Waals surface area (Å²) < 4.78 is 23.0. The average molecular weight is 353 g/mol. The lowest BCUT2D eigenvalue weighted by Crippen LogP contribution is -2.48. The van der Waals surface area contributed by atoms with Crippen molar-refractivity contribution >= 4 is 15.9 Å². The van der Waals surface area contributed by atoms with E-state index in [-0.39, 0.29) is 23.0 Å². The minimum absolute atomic E-state index is 0.0933. The van der Waals surface area contributed by atoms with Crippen LogP contribution in [-0.4, -0.2) is 63.7 Å². The number of carbonyl (C=O) groups is 1. The number of hydrogen-bond acceptors (Lipinski definition) is 4. The lowest BCUT2D eigenvalue weighted by atomic mass is 10.0. The van der Waals surface area contributed by atoms with E-state index in [1.807, 2.05) is 14.0 Å². The summed E-state index contributed by atoms with van der Waals surface area (Å²) in [6.07, 6.45) is 3.15. The molecule has 1 N–H and O–H groups in total. The van der Waals surface area contributed by atoms with Gasteiger partial charge in [-0.25, -0.2) is 13.2 Å². The van der Waals surface area contributed by atoms with Crippen molar-refractivity contribution in [2.75, 3.05) is 33.4 Å². The summed E-state index contributed by atoms with van der Waals surface area (Å²) in [7, 11) is 0.733. The number of nitrogens with zero attached hydrogens (tertiary/aromatic N) is 2. The second-order valence-electron chi connectivity index (χ2n) is 6.66. The number of sulfone groups is 1. The van der Waals surface area contributed by atoms with Crippen LogP contribution in [0.1, 0.15) is 31.4 Å². The molecule has 0 spiro atoms. The number of urea groups is 1. The molecule has 2 amide bonds. The maximum Gasteiger partial charge on any atom is 0.317 e. The topological polar surface area (TPSA) is 69.7 Å². The third-order valence-corrected chi connectivity index (χ3v) is 5.83. The Balaban J connectivity index is 1.95. The lowest BCUT2D eigenvalue weighted by Gasteiger charge is -2.35. The SMILES string of the molecule is CC(NC(=O)N(C)C1CCN(C)CC1)c1ccc(S(C)(=O)=O)cc1. The van der Waals surface area contributed by atoms with Crippen LogP contribution in [0.15, 0.2) is 29.2 Å². The Morgan fingerprint density at radius 3 is 2.29 bits per heavy atom. The van der Waals surface area contributed by atoms with E-state index in [0.29, 0.717) is 0 Å². The van der Waals surface area contributed by atoms with Crippen LogP contribution in [0.3, 0.4) is 0 Å². The zero-order chi connectivity index (χ0) is 17.9. The average Bonchev–Trinajstić information content (AvgIpc) is 2.54. The van der Waals surface area contributed by atoms with E-state index in [4.69, 9.17) is 0 Å². The van der Waals surface area contributed by atoms with Crippen LogP contribution in [0.5, 0.6) is 0 Å². The van der Waals surface area contributed by atoms with Gasteiger partial charge in [0, 0.05) is 19.3 Å². The molecule has 1 aromatic carbocycles. The first-order valence-electron chi connectivity index (χ1n) is 8.20. The summed E-state index contributed by atoms with van der Waals surface area (Å²) in [4.78, 5) is 16.8. The Morgan fingerprint density at radius 1 is 1.25 bits per heavy atom. The van der Waals surface area contributed by atoms with Crippen LogP contribution in [0, 0.1) is 0 Å². The van der Waals surface area contributed by atoms with Crippen LogP contribution < -0.4 is 5.32 Å². The van der Waals surface area contributed by atoms with Crippen molar-refractivity contribution in [2.24, 2.45) is 0 Å². The van der Waals surface area contributed by atoms with Crippen molar-refractivity contribution in [3.63, 3.8) is 0 Å². The molecule has 7 heteroatoms. The van der Waals surface area contributed by atoms with E-state index in [9.17, 15) is 13.2 Å². The highest BCUT2D eigenvalue weighted by Gasteiger charge is 2.24. The quantitative estimate of drug-likeness (QED) is 0.897. The summed E-state index contributed by atoms with van der Waals surface area (Å²) in [6, 6.07) is 6.64. The molecule has 1 aliphatic rings. The maximum atomic E-state index is 12.4. The molecular weight excluding hydrogens is 326 g/mol. The molecule has 6 nitrogen and oxygen atoms in total. The zero-order valence-corrected chi connectivity index (χ0v) is 15.6. The van der Waals surface area contributed by atoms with Crippen molar-refractivity contribution in [3.8, 4) is 0 Å². The molecule has 0 aliphatic carbocycles. The minimum atomic E-state index is -3.20.